The van der Waals surface area contributed by atoms with Gasteiger partial charge in [0.25, 0.3) is 0 Å². The van der Waals surface area contributed by atoms with Gasteiger partial charge < -0.3 is 20.7 Å². The molecule has 0 spiro atoms. The van der Waals surface area contributed by atoms with Crippen LogP contribution in [0.15, 0.2) is 53.4 Å². The maximum Gasteiger partial charge on any atom is 0.180 e. The topological polar surface area (TPSA) is 97.6 Å². The van der Waals surface area contributed by atoms with Crippen molar-refractivity contribution in [3.63, 3.8) is 0 Å². The quantitative estimate of drug-likeness (QED) is 0.507. The van der Waals surface area contributed by atoms with Crippen LogP contribution in [0.1, 0.15) is 11.1 Å². The van der Waals surface area contributed by atoms with Crippen LogP contribution in [-0.2, 0) is 26.2 Å². The number of fused-ring (bicyclic) bond motifs is 2. The fourth-order valence-electron chi connectivity index (χ4n) is 4.51. The fourth-order valence-corrected chi connectivity index (χ4v) is 6.01. The molecule has 1 fully saturated rings. The lowest BCUT2D eigenvalue weighted by atomic mass is 9.40. The van der Waals surface area contributed by atoms with Gasteiger partial charge in [0, 0.05) is 48.7 Å². The molecule has 0 unspecified atom stereocenters. The molecule has 0 atom stereocenters. The minimum atomic E-state index is -3.38. The number of nitrogens with one attached hydrogen (secondary N) is 1. The van der Waals surface area contributed by atoms with E-state index in [4.69, 9.17) is 39.0 Å². The van der Waals surface area contributed by atoms with Gasteiger partial charge in [0.1, 0.15) is 5.82 Å². The minimum absolute atomic E-state index is 0.00902. The van der Waals surface area contributed by atoms with Gasteiger partial charge in [-0.15, -0.1) is 5.11 Å². The summed E-state index contributed by atoms with van der Waals surface area (Å²) in [6, 6.07) is 14.5. The highest BCUT2D eigenvalue weighted by molar-refractivity contribution is 7.91. The van der Waals surface area contributed by atoms with Crippen LogP contribution in [0.4, 0.5) is 11.5 Å². The molecule has 0 aliphatic carbocycles. The Morgan fingerprint density at radius 1 is 1.14 bits per heavy atom. The SMILES string of the molecule is [B]C([B])([B])c1ccc2nc(N3CCS(=O)(=O)c4ccccc4C3)cc(NCC3(CN)COC3)c2c1. The Labute approximate surface area is 210 Å². The highest BCUT2D eigenvalue weighted by Crippen LogP contribution is 2.34. The maximum atomic E-state index is 12.8. The third kappa shape index (κ3) is 4.69. The summed E-state index contributed by atoms with van der Waals surface area (Å²) in [7, 11) is 14.5. The zero-order valence-electron chi connectivity index (χ0n) is 19.4. The molecular weight excluding hydrogens is 457 g/mol. The zero-order valence-corrected chi connectivity index (χ0v) is 20.2. The van der Waals surface area contributed by atoms with Gasteiger partial charge in [0.05, 0.1) is 52.9 Å². The van der Waals surface area contributed by atoms with Crippen molar-refractivity contribution in [2.24, 2.45) is 11.1 Å². The number of hydrogen-bond donors (Lipinski definition) is 2. The van der Waals surface area contributed by atoms with E-state index in [1.165, 1.54) is 0 Å². The molecule has 1 aromatic heterocycles. The Morgan fingerprint density at radius 3 is 2.60 bits per heavy atom. The lowest BCUT2D eigenvalue weighted by Gasteiger charge is -2.40. The van der Waals surface area contributed by atoms with E-state index in [0.717, 1.165) is 16.6 Å². The Balaban J connectivity index is 1.57. The number of benzene rings is 2. The molecule has 5 rings (SSSR count). The van der Waals surface area contributed by atoms with Gasteiger partial charge in [-0.2, -0.15) is 0 Å². The summed E-state index contributed by atoms with van der Waals surface area (Å²) in [5.41, 5.74) is 8.73. The number of sulfone groups is 1. The molecule has 3 aromatic rings. The summed E-state index contributed by atoms with van der Waals surface area (Å²) >= 11 is 0. The first-order valence-electron chi connectivity index (χ1n) is 11.5. The molecule has 35 heavy (non-hydrogen) atoms. The number of ether oxygens (including phenoxy) is 1. The van der Waals surface area contributed by atoms with E-state index in [-0.39, 0.29) is 11.2 Å². The number of rotatable bonds is 6. The number of nitrogens with zero attached hydrogens (tertiary/aromatic N) is 2. The largest absolute Gasteiger partial charge is 0.384 e. The third-order valence-corrected chi connectivity index (χ3v) is 8.61. The van der Waals surface area contributed by atoms with Crippen molar-refractivity contribution in [3.8, 4) is 0 Å². The van der Waals surface area contributed by atoms with Crippen molar-refractivity contribution in [2.75, 3.05) is 48.8 Å². The van der Waals surface area contributed by atoms with E-state index in [2.05, 4.69) is 5.32 Å². The number of aromatic nitrogens is 1. The molecule has 174 valence electrons. The summed E-state index contributed by atoms with van der Waals surface area (Å²) in [6.45, 7) is 3.06. The van der Waals surface area contributed by atoms with Crippen LogP contribution in [0, 0.1) is 5.41 Å². The van der Waals surface area contributed by atoms with E-state index in [0.29, 0.717) is 61.2 Å². The monoisotopic (exact) mass is 482 g/mol. The normalized spacial score (nSPS) is 18.9. The number of anilines is 2. The van der Waals surface area contributed by atoms with Gasteiger partial charge in [-0.05, 0) is 23.8 Å². The predicted molar refractivity (Wildman–Crippen MR) is 141 cm³/mol. The van der Waals surface area contributed by atoms with Crippen LogP contribution in [0.2, 0.25) is 0 Å². The Morgan fingerprint density at radius 2 is 1.91 bits per heavy atom. The molecule has 3 heterocycles. The van der Waals surface area contributed by atoms with Crippen LogP contribution < -0.4 is 16.0 Å². The standard InChI is InChI=1S/C24H25B3N4O3S/c25-24(26,27)17-5-6-19-18(9-17)20(29-13-23(12-28)14-34-15-23)10-22(30-19)31-7-8-35(32,33)21-4-2-1-3-16(21)11-31/h1-6,9-10H,7-8,11-15,28H2,(H,29,30). The summed E-state index contributed by atoms with van der Waals surface area (Å²) in [6.07, 6.45) is 0. The van der Waals surface area contributed by atoms with Crippen LogP contribution in [0.25, 0.3) is 10.9 Å². The second-order valence-corrected chi connectivity index (χ2v) is 11.7. The average molecular weight is 482 g/mol. The van der Waals surface area contributed by atoms with Crippen molar-refractivity contribution in [2.45, 2.75) is 16.6 Å². The first kappa shape index (κ1) is 24.2. The molecule has 3 N–H and O–H groups in total. The fraction of sp³-hybridized carbons (Fsp3) is 0.375. The van der Waals surface area contributed by atoms with Crippen molar-refractivity contribution in [3.05, 3.63) is 59.7 Å². The van der Waals surface area contributed by atoms with Gasteiger partial charge in [0.2, 0.25) is 0 Å². The predicted octanol–water partition coefficient (Wildman–Crippen LogP) is 1.03. The Kier molecular flexibility index (Phi) is 6.14. The second-order valence-electron chi connectivity index (χ2n) is 9.59. The smallest absolute Gasteiger partial charge is 0.180 e. The third-order valence-electron chi connectivity index (χ3n) is 6.82. The Hall–Kier alpha value is -2.49. The molecule has 0 bridgehead atoms. The highest BCUT2D eigenvalue weighted by atomic mass is 32.2. The van der Waals surface area contributed by atoms with E-state index in [1.807, 2.05) is 35.2 Å². The van der Waals surface area contributed by atoms with Crippen LogP contribution >= 0.6 is 0 Å². The molecule has 6 radical (unpaired) electrons. The minimum Gasteiger partial charge on any atom is -0.384 e. The number of hydrogen-bond acceptors (Lipinski definition) is 7. The van der Waals surface area contributed by atoms with Gasteiger partial charge in [-0.1, -0.05) is 29.8 Å². The molecule has 11 heteroatoms. The molecule has 2 aliphatic rings. The molecule has 2 aromatic carbocycles. The van der Waals surface area contributed by atoms with E-state index < -0.39 is 15.0 Å². The van der Waals surface area contributed by atoms with Crippen LogP contribution in [0.3, 0.4) is 0 Å². The molecule has 0 saturated carbocycles. The molecule has 7 nitrogen and oxygen atoms in total. The van der Waals surface area contributed by atoms with Crippen molar-refractivity contribution in [1.29, 1.82) is 0 Å². The summed E-state index contributed by atoms with van der Waals surface area (Å²) < 4.78 is 31.1. The van der Waals surface area contributed by atoms with E-state index in [9.17, 15) is 8.42 Å². The van der Waals surface area contributed by atoms with Crippen molar-refractivity contribution >= 4 is 55.8 Å². The van der Waals surface area contributed by atoms with E-state index >= 15 is 0 Å². The zero-order chi connectivity index (χ0) is 24.8. The van der Waals surface area contributed by atoms with Gasteiger partial charge in [-0.3, -0.25) is 0 Å². The highest BCUT2D eigenvalue weighted by Gasteiger charge is 2.37. The Bertz CT molecular complexity index is 1370. The second kappa shape index (κ2) is 8.87. The lowest BCUT2D eigenvalue weighted by molar-refractivity contribution is -0.0979. The number of nitrogens with two attached hydrogens (primary N) is 1. The van der Waals surface area contributed by atoms with Gasteiger partial charge in [-0.25, -0.2) is 13.4 Å². The first-order chi connectivity index (χ1) is 16.6. The molecule has 1 saturated heterocycles. The first-order valence-corrected chi connectivity index (χ1v) is 13.1. The van der Waals surface area contributed by atoms with Crippen molar-refractivity contribution in [1.82, 2.24) is 4.98 Å². The lowest BCUT2D eigenvalue weighted by Crippen LogP contribution is -2.52. The maximum absolute atomic E-state index is 12.8. The number of pyridine rings is 1. The van der Waals surface area contributed by atoms with E-state index in [1.54, 1.807) is 18.2 Å². The summed E-state index contributed by atoms with van der Waals surface area (Å²) in [4.78, 5) is 7.24. The summed E-state index contributed by atoms with van der Waals surface area (Å²) in [5, 5.41) is 2.84. The van der Waals surface area contributed by atoms with Crippen LogP contribution in [-0.4, -0.2) is 75.5 Å². The molecular formula is C24H25B3N4O3S. The van der Waals surface area contributed by atoms with Gasteiger partial charge in [0.15, 0.2) is 9.84 Å². The van der Waals surface area contributed by atoms with Crippen molar-refractivity contribution < 1.29 is 13.2 Å². The molecule has 2 aliphatic heterocycles. The molecule has 0 amide bonds. The average Bonchev–Trinajstić information content (AvgIpc) is 2.93. The van der Waals surface area contributed by atoms with Crippen LogP contribution in [0.5, 0.6) is 0 Å². The summed E-state index contributed by atoms with van der Waals surface area (Å²) in [5.74, 6) is 0.681. The van der Waals surface area contributed by atoms with Gasteiger partial charge >= 0.3 is 0 Å².